The van der Waals surface area contributed by atoms with Crippen LogP contribution in [0.25, 0.3) is 11.5 Å². The molecule has 0 saturated carbocycles. The molecule has 5 rings (SSSR count). The van der Waals surface area contributed by atoms with E-state index in [9.17, 15) is 0 Å². The first-order valence-electron chi connectivity index (χ1n) is 9.99. The quantitative estimate of drug-likeness (QED) is 0.609. The SMILES string of the molecule is Clc1ccccc1-c1nnc(CN2CCC[C@@H]2c2ccc3c(c2)OCCCO3)o1. The van der Waals surface area contributed by atoms with Crippen molar-refractivity contribution in [2.75, 3.05) is 19.8 Å². The number of hydrogen-bond donors (Lipinski definition) is 0. The average molecular weight is 412 g/mol. The minimum Gasteiger partial charge on any atom is -0.490 e. The number of ether oxygens (including phenoxy) is 2. The number of hydrogen-bond acceptors (Lipinski definition) is 6. The summed E-state index contributed by atoms with van der Waals surface area (Å²) >= 11 is 6.25. The van der Waals surface area contributed by atoms with Gasteiger partial charge in [-0.25, -0.2) is 0 Å². The molecule has 2 aliphatic heterocycles. The Morgan fingerprint density at radius 3 is 2.76 bits per heavy atom. The van der Waals surface area contributed by atoms with Crippen LogP contribution in [0.2, 0.25) is 5.02 Å². The molecule has 3 heterocycles. The van der Waals surface area contributed by atoms with Gasteiger partial charge in [0, 0.05) is 12.5 Å². The molecule has 0 radical (unpaired) electrons. The largest absolute Gasteiger partial charge is 0.490 e. The predicted molar refractivity (Wildman–Crippen MR) is 109 cm³/mol. The van der Waals surface area contributed by atoms with Gasteiger partial charge in [0.15, 0.2) is 11.5 Å². The van der Waals surface area contributed by atoms with E-state index in [0.29, 0.717) is 42.6 Å². The van der Waals surface area contributed by atoms with E-state index in [1.54, 1.807) is 0 Å². The minimum absolute atomic E-state index is 0.294. The molecule has 0 unspecified atom stereocenters. The maximum atomic E-state index is 6.25. The predicted octanol–water partition coefficient (Wildman–Crippen LogP) is 4.89. The first-order chi connectivity index (χ1) is 14.3. The lowest BCUT2D eigenvalue weighted by atomic mass is 10.0. The zero-order valence-corrected chi connectivity index (χ0v) is 16.8. The van der Waals surface area contributed by atoms with Crippen LogP contribution in [0, 0.1) is 0 Å². The van der Waals surface area contributed by atoms with Crippen LogP contribution in [-0.4, -0.2) is 34.9 Å². The third-order valence-corrected chi connectivity index (χ3v) is 5.76. The highest BCUT2D eigenvalue weighted by Crippen LogP contribution is 2.38. The summed E-state index contributed by atoms with van der Waals surface area (Å²) in [6, 6.07) is 14.1. The third kappa shape index (κ3) is 3.82. The Bertz CT molecular complexity index is 1010. The molecule has 1 saturated heterocycles. The lowest BCUT2D eigenvalue weighted by Crippen LogP contribution is -2.23. The van der Waals surface area contributed by atoms with Crippen LogP contribution in [0.1, 0.15) is 36.8 Å². The van der Waals surface area contributed by atoms with Gasteiger partial charge in [-0.1, -0.05) is 29.8 Å². The van der Waals surface area contributed by atoms with E-state index < -0.39 is 0 Å². The van der Waals surface area contributed by atoms with Gasteiger partial charge in [0.05, 0.1) is 30.3 Å². The van der Waals surface area contributed by atoms with Gasteiger partial charge in [0.1, 0.15) is 0 Å². The van der Waals surface area contributed by atoms with Crippen LogP contribution in [0.15, 0.2) is 46.9 Å². The summed E-state index contributed by atoms with van der Waals surface area (Å²) in [5.41, 5.74) is 1.99. The van der Waals surface area contributed by atoms with E-state index >= 15 is 0 Å². The first kappa shape index (κ1) is 18.5. The van der Waals surface area contributed by atoms with Crippen LogP contribution in [0.5, 0.6) is 11.5 Å². The molecule has 0 N–H and O–H groups in total. The Labute approximate surface area is 174 Å². The smallest absolute Gasteiger partial charge is 0.249 e. The van der Waals surface area contributed by atoms with Crippen molar-refractivity contribution < 1.29 is 13.9 Å². The number of aromatic nitrogens is 2. The summed E-state index contributed by atoms with van der Waals surface area (Å²) in [5.74, 6) is 2.72. The summed E-state index contributed by atoms with van der Waals surface area (Å²) < 4.78 is 17.5. The van der Waals surface area contributed by atoms with Crippen LogP contribution >= 0.6 is 11.6 Å². The molecule has 2 aromatic carbocycles. The Hall–Kier alpha value is -2.57. The van der Waals surface area contributed by atoms with E-state index in [0.717, 1.165) is 42.9 Å². The van der Waals surface area contributed by atoms with Crippen LogP contribution < -0.4 is 9.47 Å². The minimum atomic E-state index is 0.294. The summed E-state index contributed by atoms with van der Waals surface area (Å²) in [6.45, 7) is 2.99. The first-order valence-corrected chi connectivity index (χ1v) is 10.4. The maximum Gasteiger partial charge on any atom is 0.249 e. The van der Waals surface area contributed by atoms with Crippen LogP contribution in [0.4, 0.5) is 0 Å². The zero-order chi connectivity index (χ0) is 19.6. The average Bonchev–Trinajstić information content (AvgIpc) is 3.32. The molecule has 2 aliphatic rings. The molecule has 1 atom stereocenters. The highest BCUT2D eigenvalue weighted by atomic mass is 35.5. The van der Waals surface area contributed by atoms with Crippen molar-refractivity contribution in [3.63, 3.8) is 0 Å². The molecule has 0 amide bonds. The second-order valence-corrected chi connectivity index (χ2v) is 7.77. The van der Waals surface area contributed by atoms with Gasteiger partial charge < -0.3 is 13.9 Å². The topological polar surface area (TPSA) is 60.6 Å². The monoisotopic (exact) mass is 411 g/mol. The number of benzene rings is 2. The van der Waals surface area contributed by atoms with Crippen molar-refractivity contribution in [1.29, 1.82) is 0 Å². The lowest BCUT2D eigenvalue weighted by Gasteiger charge is -2.24. The summed E-state index contributed by atoms with van der Waals surface area (Å²) in [5, 5.41) is 9.04. The second kappa shape index (κ2) is 8.05. The Morgan fingerprint density at radius 2 is 1.86 bits per heavy atom. The van der Waals surface area contributed by atoms with Gasteiger partial charge in [0.25, 0.3) is 0 Å². The molecule has 7 heteroatoms. The summed E-state index contributed by atoms with van der Waals surface area (Å²) in [4.78, 5) is 2.38. The van der Waals surface area contributed by atoms with Crippen molar-refractivity contribution in [3.05, 3.63) is 58.9 Å². The second-order valence-electron chi connectivity index (χ2n) is 7.37. The molecule has 0 spiro atoms. The fourth-order valence-corrected chi connectivity index (χ4v) is 4.23. The number of likely N-dealkylation sites (tertiary alicyclic amines) is 1. The molecule has 150 valence electrons. The Balaban J connectivity index is 1.34. The van der Waals surface area contributed by atoms with Crippen molar-refractivity contribution in [1.82, 2.24) is 15.1 Å². The van der Waals surface area contributed by atoms with Gasteiger partial charge in [-0.3, -0.25) is 4.90 Å². The fourth-order valence-electron chi connectivity index (χ4n) is 4.01. The Kier molecular flexibility index (Phi) is 5.12. The number of nitrogens with zero attached hydrogens (tertiary/aromatic N) is 3. The number of rotatable bonds is 4. The summed E-state index contributed by atoms with van der Waals surface area (Å²) in [7, 11) is 0. The lowest BCUT2D eigenvalue weighted by molar-refractivity contribution is 0.223. The van der Waals surface area contributed by atoms with Gasteiger partial charge >= 0.3 is 0 Å². The van der Waals surface area contributed by atoms with Crippen LogP contribution in [0.3, 0.4) is 0 Å². The van der Waals surface area contributed by atoms with Crippen LogP contribution in [-0.2, 0) is 6.54 Å². The molecule has 0 bridgehead atoms. The maximum absolute atomic E-state index is 6.25. The highest BCUT2D eigenvalue weighted by Gasteiger charge is 2.28. The van der Waals surface area contributed by atoms with E-state index in [2.05, 4.69) is 27.2 Å². The molecular formula is C22H22ClN3O3. The van der Waals surface area contributed by atoms with Crippen molar-refractivity contribution >= 4 is 11.6 Å². The van der Waals surface area contributed by atoms with Gasteiger partial charge in [-0.2, -0.15) is 0 Å². The highest BCUT2D eigenvalue weighted by molar-refractivity contribution is 6.33. The van der Waals surface area contributed by atoms with E-state index in [-0.39, 0.29) is 0 Å². The van der Waals surface area contributed by atoms with Gasteiger partial charge in [-0.15, -0.1) is 10.2 Å². The van der Waals surface area contributed by atoms with Gasteiger partial charge in [0.2, 0.25) is 11.8 Å². The molecular weight excluding hydrogens is 390 g/mol. The molecule has 6 nitrogen and oxygen atoms in total. The molecule has 29 heavy (non-hydrogen) atoms. The third-order valence-electron chi connectivity index (χ3n) is 5.43. The summed E-state index contributed by atoms with van der Waals surface area (Å²) in [6.07, 6.45) is 3.13. The van der Waals surface area contributed by atoms with Crippen molar-refractivity contribution in [3.8, 4) is 23.0 Å². The molecule has 0 aliphatic carbocycles. The van der Waals surface area contributed by atoms with Crippen molar-refractivity contribution in [2.45, 2.75) is 31.8 Å². The molecule has 1 fully saturated rings. The van der Waals surface area contributed by atoms with E-state index in [4.69, 9.17) is 25.5 Å². The number of fused-ring (bicyclic) bond motifs is 1. The fraction of sp³-hybridized carbons (Fsp3) is 0.364. The molecule has 3 aromatic rings. The normalized spacial score (nSPS) is 19.3. The van der Waals surface area contributed by atoms with Crippen molar-refractivity contribution in [2.24, 2.45) is 0 Å². The zero-order valence-electron chi connectivity index (χ0n) is 16.0. The van der Waals surface area contributed by atoms with E-state index in [1.165, 1.54) is 5.56 Å². The van der Waals surface area contributed by atoms with E-state index in [1.807, 2.05) is 30.3 Å². The Morgan fingerprint density at radius 1 is 1.00 bits per heavy atom. The molecule has 1 aromatic heterocycles. The number of halogens is 1. The standard InChI is InChI=1S/C22H22ClN3O3/c23-17-6-2-1-5-16(17)22-25-24-21(29-22)14-26-10-3-7-18(26)15-8-9-19-20(13-15)28-12-4-11-27-19/h1-2,5-6,8-9,13,18H,3-4,7,10-12,14H2/t18-/m1/s1. The van der Waals surface area contributed by atoms with Gasteiger partial charge in [-0.05, 0) is 49.2 Å².